The minimum atomic E-state index is -0.926. The van der Waals surface area contributed by atoms with E-state index in [1.165, 1.54) is 6.07 Å². The Morgan fingerprint density at radius 1 is 1.15 bits per heavy atom. The van der Waals surface area contributed by atoms with Gasteiger partial charge in [0.25, 0.3) is 0 Å². The molecule has 0 saturated carbocycles. The minimum absolute atomic E-state index is 0.101. The maximum Gasteiger partial charge on any atom is 0.230 e. The maximum absolute atomic E-state index is 13.2. The zero-order valence-corrected chi connectivity index (χ0v) is 15.3. The summed E-state index contributed by atoms with van der Waals surface area (Å²) >= 11 is 1.14. The first kappa shape index (κ1) is 18.9. The van der Waals surface area contributed by atoms with Gasteiger partial charge >= 0.3 is 0 Å². The number of carbonyl (C=O) groups excluding carboxylic acids is 1. The van der Waals surface area contributed by atoms with Crippen molar-refractivity contribution in [3.63, 3.8) is 0 Å². The third-order valence-corrected chi connectivity index (χ3v) is 4.70. The van der Waals surface area contributed by atoms with Crippen molar-refractivity contribution in [2.24, 2.45) is 0 Å². The summed E-state index contributed by atoms with van der Waals surface area (Å²) < 4.78 is 32.9. The number of rotatable bonds is 7. The Bertz CT molecular complexity index is 929. The summed E-state index contributed by atoms with van der Waals surface area (Å²) in [5.41, 5.74) is 1.58. The van der Waals surface area contributed by atoms with Crippen LogP contribution in [-0.4, -0.2) is 28.6 Å². The lowest BCUT2D eigenvalue weighted by molar-refractivity contribution is -0.118. The van der Waals surface area contributed by atoms with E-state index >= 15 is 0 Å². The summed E-state index contributed by atoms with van der Waals surface area (Å²) in [6.45, 7) is 0.278. The van der Waals surface area contributed by atoms with Crippen LogP contribution in [-0.2, 0) is 11.3 Å². The lowest BCUT2D eigenvalue weighted by atomic mass is 10.3. The molecule has 0 fully saturated rings. The molecular formula is C19H17F2N3O2S. The Labute approximate surface area is 159 Å². The molecule has 0 bridgehead atoms. The zero-order valence-electron chi connectivity index (χ0n) is 14.5. The molecule has 1 aromatic heterocycles. The molecule has 3 aromatic rings. The van der Waals surface area contributed by atoms with E-state index in [1.807, 2.05) is 30.3 Å². The van der Waals surface area contributed by atoms with Crippen molar-refractivity contribution in [1.29, 1.82) is 0 Å². The Balaban J connectivity index is 1.50. The van der Waals surface area contributed by atoms with Crippen LogP contribution in [0.5, 0.6) is 5.75 Å². The van der Waals surface area contributed by atoms with Crippen molar-refractivity contribution in [1.82, 2.24) is 15.1 Å². The number of ether oxygens (including phenoxy) is 1. The van der Waals surface area contributed by atoms with E-state index in [0.29, 0.717) is 10.6 Å². The molecule has 1 amide bonds. The average Bonchev–Trinajstić information content (AvgIpc) is 3.16. The van der Waals surface area contributed by atoms with Crippen molar-refractivity contribution < 1.29 is 18.3 Å². The number of amides is 1. The predicted molar refractivity (Wildman–Crippen MR) is 99.0 cm³/mol. The Kier molecular flexibility index (Phi) is 6.08. The van der Waals surface area contributed by atoms with E-state index in [4.69, 9.17) is 4.74 Å². The van der Waals surface area contributed by atoms with Crippen LogP contribution in [0.15, 0.2) is 59.6 Å². The smallest absolute Gasteiger partial charge is 0.230 e. The second-order valence-electron chi connectivity index (χ2n) is 5.59. The van der Waals surface area contributed by atoms with E-state index in [1.54, 1.807) is 18.0 Å². The number of hydrogen-bond acceptors (Lipinski definition) is 4. The molecule has 0 aliphatic carbocycles. The van der Waals surface area contributed by atoms with Gasteiger partial charge in [-0.25, -0.2) is 13.5 Å². The van der Waals surface area contributed by atoms with Gasteiger partial charge in [-0.3, -0.25) is 4.79 Å². The van der Waals surface area contributed by atoms with Crippen LogP contribution in [0.2, 0.25) is 0 Å². The first-order valence-electron chi connectivity index (χ1n) is 8.08. The zero-order chi connectivity index (χ0) is 19.2. The number of carbonyl (C=O) groups is 1. The Hall–Kier alpha value is -2.87. The van der Waals surface area contributed by atoms with Gasteiger partial charge in [-0.15, -0.1) is 11.8 Å². The van der Waals surface area contributed by atoms with Gasteiger partial charge < -0.3 is 10.1 Å². The quantitative estimate of drug-likeness (QED) is 0.628. The molecule has 2 aromatic carbocycles. The Morgan fingerprint density at radius 3 is 2.63 bits per heavy atom. The summed E-state index contributed by atoms with van der Waals surface area (Å²) in [7, 11) is 1.61. The molecule has 8 heteroatoms. The molecule has 0 saturated heterocycles. The third kappa shape index (κ3) is 5.07. The normalized spacial score (nSPS) is 10.6. The third-order valence-electron chi connectivity index (χ3n) is 3.71. The van der Waals surface area contributed by atoms with Gasteiger partial charge in [0.2, 0.25) is 5.91 Å². The Morgan fingerprint density at radius 2 is 1.93 bits per heavy atom. The first-order valence-corrected chi connectivity index (χ1v) is 9.07. The second kappa shape index (κ2) is 8.68. The molecule has 0 atom stereocenters. The summed E-state index contributed by atoms with van der Waals surface area (Å²) in [5, 5.41) is 7.17. The molecule has 27 heavy (non-hydrogen) atoms. The summed E-state index contributed by atoms with van der Waals surface area (Å²) in [6.07, 6.45) is 1.80. The molecule has 140 valence electrons. The standard InChI is InChI=1S/C19H17F2N3O2S/c1-26-15-4-2-14(3-5-15)24-9-8-13(23-24)11-22-19(25)12-27-16-6-7-17(20)18(21)10-16/h2-10H,11-12H2,1H3,(H,22,25). The van der Waals surface area contributed by atoms with E-state index < -0.39 is 11.6 Å². The predicted octanol–water partition coefficient (Wildman–Crippen LogP) is 3.57. The highest BCUT2D eigenvalue weighted by Gasteiger charge is 2.08. The number of thioether (sulfide) groups is 1. The van der Waals surface area contributed by atoms with Crippen LogP contribution >= 0.6 is 11.8 Å². The molecule has 0 radical (unpaired) electrons. The summed E-state index contributed by atoms with van der Waals surface area (Å²) in [5.74, 6) is -1.19. The SMILES string of the molecule is COc1ccc(-n2ccc(CNC(=O)CSc3ccc(F)c(F)c3)n2)cc1. The molecule has 0 unspecified atom stereocenters. The van der Waals surface area contributed by atoms with Crippen molar-refractivity contribution in [3.05, 3.63) is 72.1 Å². The van der Waals surface area contributed by atoms with Crippen LogP contribution in [0, 0.1) is 11.6 Å². The lowest BCUT2D eigenvalue weighted by Gasteiger charge is -2.05. The van der Waals surface area contributed by atoms with Crippen LogP contribution in [0.1, 0.15) is 5.69 Å². The van der Waals surface area contributed by atoms with Crippen LogP contribution in [0.3, 0.4) is 0 Å². The van der Waals surface area contributed by atoms with E-state index in [9.17, 15) is 13.6 Å². The topological polar surface area (TPSA) is 56.1 Å². The van der Waals surface area contributed by atoms with Crippen molar-refractivity contribution in [3.8, 4) is 11.4 Å². The molecule has 0 aliphatic heterocycles. The molecule has 5 nitrogen and oxygen atoms in total. The van der Waals surface area contributed by atoms with Crippen molar-refractivity contribution in [2.45, 2.75) is 11.4 Å². The number of nitrogens with zero attached hydrogens (tertiary/aromatic N) is 2. The van der Waals surface area contributed by atoms with Gasteiger partial charge in [-0.2, -0.15) is 5.10 Å². The number of methoxy groups -OCH3 is 1. The first-order chi connectivity index (χ1) is 13.0. The van der Waals surface area contributed by atoms with Gasteiger partial charge in [0.05, 0.1) is 30.8 Å². The lowest BCUT2D eigenvalue weighted by Crippen LogP contribution is -2.24. The van der Waals surface area contributed by atoms with E-state index in [2.05, 4.69) is 10.4 Å². The monoisotopic (exact) mass is 389 g/mol. The highest BCUT2D eigenvalue weighted by molar-refractivity contribution is 8.00. The maximum atomic E-state index is 13.2. The van der Waals surface area contributed by atoms with Gasteiger partial charge in [0, 0.05) is 11.1 Å². The number of hydrogen-bond donors (Lipinski definition) is 1. The van der Waals surface area contributed by atoms with E-state index in [0.717, 1.165) is 35.3 Å². The number of benzene rings is 2. The fourth-order valence-electron chi connectivity index (χ4n) is 2.29. The van der Waals surface area contributed by atoms with E-state index in [-0.39, 0.29) is 18.2 Å². The van der Waals surface area contributed by atoms with Crippen LogP contribution in [0.4, 0.5) is 8.78 Å². The van der Waals surface area contributed by atoms with Crippen LogP contribution < -0.4 is 10.1 Å². The molecule has 0 spiro atoms. The number of aromatic nitrogens is 2. The molecule has 0 aliphatic rings. The number of nitrogens with one attached hydrogen (secondary N) is 1. The molecule has 3 rings (SSSR count). The minimum Gasteiger partial charge on any atom is -0.497 e. The van der Waals surface area contributed by atoms with Crippen molar-refractivity contribution in [2.75, 3.05) is 12.9 Å². The summed E-state index contributed by atoms with van der Waals surface area (Å²) in [4.78, 5) is 12.4. The van der Waals surface area contributed by atoms with Gasteiger partial charge in [0.15, 0.2) is 11.6 Å². The number of halogens is 2. The molecule has 1 heterocycles. The molecular weight excluding hydrogens is 372 g/mol. The highest BCUT2D eigenvalue weighted by atomic mass is 32.2. The molecule has 1 N–H and O–H groups in total. The van der Waals surface area contributed by atoms with Gasteiger partial charge in [-0.1, -0.05) is 0 Å². The average molecular weight is 389 g/mol. The fourth-order valence-corrected chi connectivity index (χ4v) is 3.04. The highest BCUT2D eigenvalue weighted by Crippen LogP contribution is 2.20. The van der Waals surface area contributed by atoms with Crippen LogP contribution in [0.25, 0.3) is 5.69 Å². The second-order valence-corrected chi connectivity index (χ2v) is 6.64. The fraction of sp³-hybridized carbons (Fsp3) is 0.158. The largest absolute Gasteiger partial charge is 0.497 e. The van der Waals surface area contributed by atoms with Crippen molar-refractivity contribution >= 4 is 17.7 Å². The summed E-state index contributed by atoms with van der Waals surface area (Å²) in [6, 6.07) is 12.8. The van der Waals surface area contributed by atoms with Gasteiger partial charge in [-0.05, 0) is 48.5 Å². The van der Waals surface area contributed by atoms with Gasteiger partial charge in [0.1, 0.15) is 5.75 Å².